The first-order valence-electron chi connectivity index (χ1n) is 17.7. The maximum atomic E-state index is 5.99. The monoisotopic (exact) mass is 682 g/mol. The highest BCUT2D eigenvalue weighted by atomic mass is 16.4. The van der Waals surface area contributed by atoms with Crippen molar-refractivity contribution < 1.29 is 4.42 Å². The summed E-state index contributed by atoms with van der Waals surface area (Å²) in [4.78, 5) is 11.0. The molecule has 252 valence electrons. The number of fused-ring (bicyclic) bond motifs is 1. The van der Waals surface area contributed by atoms with Crippen LogP contribution in [-0.4, -0.2) is 20.2 Å². The van der Waals surface area contributed by atoms with Crippen LogP contribution in [0.5, 0.6) is 0 Å². The second-order valence-electron chi connectivity index (χ2n) is 13.3. The average molecular weight is 683 g/mol. The van der Waals surface area contributed by atoms with Crippen molar-refractivity contribution in [3.63, 3.8) is 0 Å². The van der Waals surface area contributed by atoms with Crippen molar-refractivity contribution in [3.05, 3.63) is 181 Å². The van der Waals surface area contributed by atoms with Crippen LogP contribution in [-0.2, 0) is 0 Å². The maximum absolute atomic E-state index is 5.99. The smallest absolute Gasteiger partial charge is 0.248 e. The van der Waals surface area contributed by atoms with Gasteiger partial charge >= 0.3 is 0 Å². The number of benzene rings is 7. The van der Waals surface area contributed by atoms with Gasteiger partial charge in [0.1, 0.15) is 0 Å². The predicted octanol–water partition coefficient (Wildman–Crippen LogP) is 12.3. The van der Waals surface area contributed by atoms with Gasteiger partial charge in [-0.05, 0) is 60.4 Å². The van der Waals surface area contributed by atoms with Crippen LogP contribution in [0.25, 0.3) is 89.8 Å². The van der Waals surface area contributed by atoms with Crippen LogP contribution >= 0.6 is 0 Å². The van der Waals surface area contributed by atoms with E-state index in [2.05, 4.69) is 145 Å². The van der Waals surface area contributed by atoms with Crippen LogP contribution in [0.15, 0.2) is 174 Å². The van der Waals surface area contributed by atoms with E-state index in [1.165, 1.54) is 11.1 Å². The lowest BCUT2D eigenvalue weighted by Gasteiger charge is -2.16. The molecule has 0 aliphatic carbocycles. The van der Waals surface area contributed by atoms with Crippen LogP contribution in [0, 0.1) is 13.8 Å². The molecule has 0 spiro atoms. The van der Waals surface area contributed by atoms with Gasteiger partial charge < -0.3 is 4.42 Å². The standard InChI is InChI=1S/C48H34N4O/c1-31-13-17-35(18-14-31)41-29-30-42(36-19-15-32(2)16-20-36)46-45(41)49-43(37-9-5-3-6-10-37)44(50-46)38-25-21-33(22-26-38)34-23-27-40(28-24-34)48-52-51-47(53-48)39-11-7-4-8-12-39/h3-30H,1-2H3. The number of rotatable bonds is 7. The van der Waals surface area contributed by atoms with Crippen LogP contribution in [0.1, 0.15) is 11.1 Å². The topological polar surface area (TPSA) is 64.7 Å². The van der Waals surface area contributed by atoms with E-state index < -0.39 is 0 Å². The molecular formula is C48H34N4O. The minimum atomic E-state index is 0.490. The first-order valence-corrected chi connectivity index (χ1v) is 17.7. The number of hydrogen-bond acceptors (Lipinski definition) is 5. The Morgan fingerprint density at radius 1 is 0.321 bits per heavy atom. The van der Waals surface area contributed by atoms with Crippen molar-refractivity contribution in [2.24, 2.45) is 0 Å². The summed E-state index contributed by atoms with van der Waals surface area (Å²) in [6.45, 7) is 4.22. The number of aromatic nitrogens is 4. The molecule has 2 heterocycles. The Hall–Kier alpha value is -6.98. The molecule has 0 aliphatic heterocycles. The second kappa shape index (κ2) is 13.6. The van der Waals surface area contributed by atoms with Crippen molar-refractivity contribution in [1.29, 1.82) is 0 Å². The molecule has 0 radical (unpaired) electrons. The summed E-state index contributed by atoms with van der Waals surface area (Å²) in [5.74, 6) is 0.994. The molecule has 0 unspecified atom stereocenters. The molecule has 2 aromatic heterocycles. The van der Waals surface area contributed by atoms with Gasteiger partial charge in [-0.2, -0.15) is 0 Å². The van der Waals surface area contributed by atoms with E-state index in [9.17, 15) is 0 Å². The fraction of sp³-hybridized carbons (Fsp3) is 0.0417. The van der Waals surface area contributed by atoms with Gasteiger partial charge in [0.05, 0.1) is 22.4 Å². The minimum Gasteiger partial charge on any atom is -0.416 e. The number of nitrogens with zero attached hydrogens (tertiary/aromatic N) is 4. The lowest BCUT2D eigenvalue weighted by atomic mass is 9.95. The zero-order valence-electron chi connectivity index (χ0n) is 29.4. The molecule has 9 aromatic rings. The first kappa shape index (κ1) is 32.0. The molecule has 0 N–H and O–H groups in total. The summed E-state index contributed by atoms with van der Waals surface area (Å²) in [5.41, 5.74) is 16.2. The SMILES string of the molecule is Cc1ccc(-c2ccc(-c3ccc(C)cc3)c3nc(-c4ccc(-c5ccc(-c6nnc(-c7ccccc7)o6)cc5)cc4)c(-c4ccccc4)nc23)cc1. The van der Waals surface area contributed by atoms with E-state index in [1.807, 2.05) is 48.5 Å². The van der Waals surface area contributed by atoms with E-state index >= 15 is 0 Å². The lowest BCUT2D eigenvalue weighted by molar-refractivity contribution is 0.584. The summed E-state index contributed by atoms with van der Waals surface area (Å²) >= 11 is 0. The zero-order chi connectivity index (χ0) is 35.7. The van der Waals surface area contributed by atoms with Gasteiger partial charge in [-0.15, -0.1) is 10.2 Å². The van der Waals surface area contributed by atoms with Gasteiger partial charge in [0.15, 0.2) is 0 Å². The third kappa shape index (κ3) is 6.30. The Morgan fingerprint density at radius 2 is 0.660 bits per heavy atom. The Kier molecular flexibility index (Phi) is 8.22. The Bertz CT molecular complexity index is 2680. The molecule has 5 heteroatoms. The Morgan fingerprint density at radius 3 is 1.11 bits per heavy atom. The normalized spacial score (nSPS) is 11.2. The molecule has 5 nitrogen and oxygen atoms in total. The molecule has 7 aromatic carbocycles. The average Bonchev–Trinajstić information content (AvgIpc) is 3.72. The van der Waals surface area contributed by atoms with Gasteiger partial charge in [-0.25, -0.2) is 9.97 Å². The van der Waals surface area contributed by atoms with Gasteiger partial charge in [0.25, 0.3) is 0 Å². The third-order valence-electron chi connectivity index (χ3n) is 9.66. The highest BCUT2D eigenvalue weighted by Gasteiger charge is 2.19. The molecule has 0 aliphatic rings. The van der Waals surface area contributed by atoms with Crippen molar-refractivity contribution in [2.45, 2.75) is 13.8 Å². The zero-order valence-corrected chi connectivity index (χ0v) is 29.4. The summed E-state index contributed by atoms with van der Waals surface area (Å²) < 4.78 is 5.99. The van der Waals surface area contributed by atoms with E-state index in [1.54, 1.807) is 0 Å². The molecule has 0 amide bonds. The molecule has 53 heavy (non-hydrogen) atoms. The van der Waals surface area contributed by atoms with Gasteiger partial charge in [-0.3, -0.25) is 0 Å². The van der Waals surface area contributed by atoms with Crippen LogP contribution in [0.2, 0.25) is 0 Å². The van der Waals surface area contributed by atoms with Gasteiger partial charge in [0, 0.05) is 33.4 Å². The molecule has 0 bridgehead atoms. The molecule has 0 fully saturated rings. The van der Waals surface area contributed by atoms with Gasteiger partial charge in [-0.1, -0.05) is 157 Å². The van der Waals surface area contributed by atoms with Crippen LogP contribution in [0.3, 0.4) is 0 Å². The fourth-order valence-corrected chi connectivity index (χ4v) is 6.73. The molecule has 0 atom stereocenters. The predicted molar refractivity (Wildman–Crippen MR) is 215 cm³/mol. The molecule has 0 saturated carbocycles. The lowest BCUT2D eigenvalue weighted by Crippen LogP contribution is -1.99. The highest BCUT2D eigenvalue weighted by Crippen LogP contribution is 2.39. The van der Waals surface area contributed by atoms with E-state index in [4.69, 9.17) is 14.4 Å². The summed E-state index contributed by atoms with van der Waals surface area (Å²) in [6, 6.07) is 58.6. The first-order chi connectivity index (χ1) is 26.1. The van der Waals surface area contributed by atoms with E-state index in [-0.39, 0.29) is 0 Å². The number of aryl methyl sites for hydroxylation is 2. The maximum Gasteiger partial charge on any atom is 0.248 e. The Balaban J connectivity index is 1.13. The molecule has 0 saturated heterocycles. The molecular weight excluding hydrogens is 649 g/mol. The van der Waals surface area contributed by atoms with Gasteiger partial charge in [0.2, 0.25) is 11.8 Å². The summed E-state index contributed by atoms with van der Waals surface area (Å²) in [7, 11) is 0. The van der Waals surface area contributed by atoms with Crippen molar-refractivity contribution in [1.82, 2.24) is 20.2 Å². The second-order valence-corrected chi connectivity index (χ2v) is 13.3. The quantitative estimate of drug-likeness (QED) is 0.167. The van der Waals surface area contributed by atoms with Crippen molar-refractivity contribution >= 4 is 11.0 Å². The molecule has 9 rings (SSSR count). The summed E-state index contributed by atoms with van der Waals surface area (Å²) in [6.07, 6.45) is 0. The largest absolute Gasteiger partial charge is 0.416 e. The van der Waals surface area contributed by atoms with Crippen LogP contribution < -0.4 is 0 Å². The number of hydrogen-bond donors (Lipinski definition) is 0. The Labute approximate surface area is 308 Å². The van der Waals surface area contributed by atoms with Crippen molar-refractivity contribution in [2.75, 3.05) is 0 Å². The highest BCUT2D eigenvalue weighted by molar-refractivity contribution is 6.03. The fourth-order valence-electron chi connectivity index (χ4n) is 6.73. The van der Waals surface area contributed by atoms with E-state index in [0.29, 0.717) is 11.8 Å². The van der Waals surface area contributed by atoms with E-state index in [0.717, 1.165) is 78.1 Å². The van der Waals surface area contributed by atoms with Crippen LogP contribution in [0.4, 0.5) is 0 Å². The minimum absolute atomic E-state index is 0.490. The summed E-state index contributed by atoms with van der Waals surface area (Å²) in [5, 5.41) is 8.54. The third-order valence-corrected chi connectivity index (χ3v) is 9.66. The van der Waals surface area contributed by atoms with Crippen molar-refractivity contribution in [3.8, 4) is 78.8 Å².